The van der Waals surface area contributed by atoms with Gasteiger partial charge < -0.3 is 0 Å². The normalized spacial score (nSPS) is 11.4. The molecule has 6 heteroatoms. The average Bonchev–Trinajstić information content (AvgIpc) is 2.29. The zero-order chi connectivity index (χ0) is 12.9. The third-order valence-corrected chi connectivity index (χ3v) is 4.21. The SMILES string of the molecule is C=CCN(CC=C)S(=O)(=O)c1cncc(Br)c1. The smallest absolute Gasteiger partial charge is 0.245 e. The van der Waals surface area contributed by atoms with E-state index in [4.69, 9.17) is 0 Å². The van der Waals surface area contributed by atoms with Crippen molar-refractivity contribution in [2.45, 2.75) is 4.90 Å². The average molecular weight is 317 g/mol. The number of rotatable bonds is 6. The van der Waals surface area contributed by atoms with E-state index in [1.54, 1.807) is 0 Å². The van der Waals surface area contributed by atoms with Crippen molar-refractivity contribution in [1.29, 1.82) is 0 Å². The van der Waals surface area contributed by atoms with Crippen LogP contribution in [0.15, 0.2) is 53.1 Å². The van der Waals surface area contributed by atoms with Crippen molar-refractivity contribution >= 4 is 26.0 Å². The number of sulfonamides is 1. The van der Waals surface area contributed by atoms with Gasteiger partial charge >= 0.3 is 0 Å². The molecule has 0 saturated carbocycles. The van der Waals surface area contributed by atoms with Gasteiger partial charge in [0.25, 0.3) is 0 Å². The lowest BCUT2D eigenvalue weighted by Gasteiger charge is -2.18. The Labute approximate surface area is 110 Å². The van der Waals surface area contributed by atoms with Gasteiger partial charge in [0.15, 0.2) is 0 Å². The number of nitrogens with zero attached hydrogens (tertiary/aromatic N) is 2. The zero-order valence-corrected chi connectivity index (χ0v) is 11.6. The third kappa shape index (κ3) is 3.49. The minimum atomic E-state index is -3.55. The maximum atomic E-state index is 12.2. The standard InChI is InChI=1S/C11H13BrN2O2S/c1-3-5-14(6-4-2)17(15,16)11-7-10(12)8-13-9-11/h3-4,7-9H,1-2,5-6H2. The van der Waals surface area contributed by atoms with E-state index in [1.807, 2.05) is 0 Å². The largest absolute Gasteiger partial charge is 0.262 e. The van der Waals surface area contributed by atoms with E-state index in [9.17, 15) is 8.42 Å². The maximum absolute atomic E-state index is 12.2. The van der Waals surface area contributed by atoms with E-state index in [-0.39, 0.29) is 18.0 Å². The summed E-state index contributed by atoms with van der Waals surface area (Å²) in [5.74, 6) is 0. The second-order valence-corrected chi connectivity index (χ2v) is 6.09. The summed E-state index contributed by atoms with van der Waals surface area (Å²) in [6.07, 6.45) is 5.92. The van der Waals surface area contributed by atoms with Crippen molar-refractivity contribution in [1.82, 2.24) is 9.29 Å². The Balaban J connectivity index is 3.15. The predicted molar refractivity (Wildman–Crippen MR) is 71.1 cm³/mol. The first-order valence-electron chi connectivity index (χ1n) is 4.85. The lowest BCUT2D eigenvalue weighted by atomic mass is 10.5. The van der Waals surface area contributed by atoms with Gasteiger partial charge in [0, 0.05) is 30.0 Å². The molecule has 0 aromatic carbocycles. The highest BCUT2D eigenvalue weighted by atomic mass is 79.9. The van der Waals surface area contributed by atoms with Gasteiger partial charge in [0.05, 0.1) is 0 Å². The Morgan fingerprint density at radius 3 is 2.35 bits per heavy atom. The molecule has 4 nitrogen and oxygen atoms in total. The fourth-order valence-electron chi connectivity index (χ4n) is 1.24. The van der Waals surface area contributed by atoms with Crippen LogP contribution in [0.4, 0.5) is 0 Å². The van der Waals surface area contributed by atoms with Gasteiger partial charge in [-0.3, -0.25) is 4.98 Å². The van der Waals surface area contributed by atoms with Gasteiger partial charge in [-0.15, -0.1) is 13.2 Å². The van der Waals surface area contributed by atoms with Gasteiger partial charge in [-0.2, -0.15) is 4.31 Å². The van der Waals surface area contributed by atoms with Crippen molar-refractivity contribution in [3.05, 3.63) is 48.2 Å². The molecule has 0 aliphatic heterocycles. The lowest BCUT2D eigenvalue weighted by Crippen LogP contribution is -2.31. The monoisotopic (exact) mass is 316 g/mol. The van der Waals surface area contributed by atoms with Crippen LogP contribution < -0.4 is 0 Å². The summed E-state index contributed by atoms with van der Waals surface area (Å²) in [4.78, 5) is 4.00. The van der Waals surface area contributed by atoms with Crippen LogP contribution in [0, 0.1) is 0 Å². The molecule has 92 valence electrons. The Morgan fingerprint density at radius 1 is 1.29 bits per heavy atom. The highest BCUT2D eigenvalue weighted by molar-refractivity contribution is 9.10. The van der Waals surface area contributed by atoms with Gasteiger partial charge in [0.1, 0.15) is 4.90 Å². The van der Waals surface area contributed by atoms with Crippen LogP contribution >= 0.6 is 15.9 Å². The lowest BCUT2D eigenvalue weighted by molar-refractivity contribution is 0.474. The van der Waals surface area contributed by atoms with Crippen molar-refractivity contribution in [2.75, 3.05) is 13.1 Å². The van der Waals surface area contributed by atoms with Crippen molar-refractivity contribution < 1.29 is 8.42 Å². The summed E-state index contributed by atoms with van der Waals surface area (Å²) in [7, 11) is -3.55. The minimum Gasteiger partial charge on any atom is -0.262 e. The second kappa shape index (κ2) is 6.09. The molecule has 1 aromatic rings. The van der Waals surface area contributed by atoms with Gasteiger partial charge in [-0.1, -0.05) is 12.2 Å². The summed E-state index contributed by atoms with van der Waals surface area (Å²) >= 11 is 3.20. The van der Waals surface area contributed by atoms with Crippen LogP contribution in [0.2, 0.25) is 0 Å². The second-order valence-electron chi connectivity index (χ2n) is 3.24. The quantitative estimate of drug-likeness (QED) is 0.756. The van der Waals surface area contributed by atoms with E-state index < -0.39 is 10.0 Å². The van der Waals surface area contributed by atoms with Gasteiger partial charge in [0.2, 0.25) is 10.0 Å². The molecule has 0 aliphatic rings. The molecule has 0 fully saturated rings. The molecule has 1 rings (SSSR count). The van der Waals surface area contributed by atoms with Gasteiger partial charge in [-0.25, -0.2) is 8.42 Å². The molecular weight excluding hydrogens is 304 g/mol. The molecule has 0 amide bonds. The first-order valence-corrected chi connectivity index (χ1v) is 7.08. The predicted octanol–water partition coefficient (Wildman–Crippen LogP) is 2.21. The van der Waals surface area contributed by atoms with E-state index in [0.29, 0.717) is 4.47 Å². The molecule has 1 aromatic heterocycles. The molecule has 0 aliphatic carbocycles. The fraction of sp³-hybridized carbons (Fsp3) is 0.182. The molecule has 0 bridgehead atoms. The zero-order valence-electron chi connectivity index (χ0n) is 9.21. The molecule has 17 heavy (non-hydrogen) atoms. The summed E-state index contributed by atoms with van der Waals surface area (Å²) in [5, 5.41) is 0. The van der Waals surface area contributed by atoms with E-state index >= 15 is 0 Å². The fourth-order valence-corrected chi connectivity index (χ4v) is 3.13. The highest BCUT2D eigenvalue weighted by Gasteiger charge is 2.22. The van der Waals surface area contributed by atoms with E-state index in [1.165, 1.54) is 34.9 Å². The highest BCUT2D eigenvalue weighted by Crippen LogP contribution is 2.18. The Bertz CT molecular complexity index is 504. The van der Waals surface area contributed by atoms with Crippen molar-refractivity contribution in [3.63, 3.8) is 0 Å². The molecule has 0 unspecified atom stereocenters. The van der Waals surface area contributed by atoms with Crippen LogP contribution in [0.25, 0.3) is 0 Å². The third-order valence-electron chi connectivity index (χ3n) is 1.98. The van der Waals surface area contributed by atoms with Gasteiger partial charge in [-0.05, 0) is 22.0 Å². The van der Waals surface area contributed by atoms with Crippen LogP contribution in [-0.2, 0) is 10.0 Å². The summed E-state index contributed by atoms with van der Waals surface area (Å²) < 4.78 is 26.4. The number of hydrogen-bond acceptors (Lipinski definition) is 3. The topological polar surface area (TPSA) is 50.3 Å². The van der Waals surface area contributed by atoms with Crippen LogP contribution in [-0.4, -0.2) is 30.8 Å². The number of halogens is 1. The molecule has 0 radical (unpaired) electrons. The Morgan fingerprint density at radius 2 is 1.88 bits per heavy atom. The van der Waals surface area contributed by atoms with Crippen LogP contribution in [0.1, 0.15) is 0 Å². The summed E-state index contributed by atoms with van der Waals surface area (Å²) in [6.45, 7) is 7.56. The van der Waals surface area contributed by atoms with Crippen LogP contribution in [0.3, 0.4) is 0 Å². The molecule has 0 atom stereocenters. The van der Waals surface area contributed by atoms with Crippen LogP contribution in [0.5, 0.6) is 0 Å². The number of aromatic nitrogens is 1. The summed E-state index contributed by atoms with van der Waals surface area (Å²) in [5.41, 5.74) is 0. The molecule has 1 heterocycles. The first kappa shape index (κ1) is 14.1. The molecule has 0 saturated heterocycles. The summed E-state index contributed by atoms with van der Waals surface area (Å²) in [6, 6.07) is 1.52. The number of pyridine rings is 1. The Hall–Kier alpha value is -0.980. The molecule has 0 spiro atoms. The van der Waals surface area contributed by atoms with Crippen molar-refractivity contribution in [2.24, 2.45) is 0 Å². The first-order chi connectivity index (χ1) is 8.02. The van der Waals surface area contributed by atoms with E-state index in [2.05, 4.69) is 34.1 Å². The minimum absolute atomic E-state index is 0.149. The molecular formula is C11H13BrN2O2S. The Kier molecular flexibility index (Phi) is 5.04. The number of hydrogen-bond donors (Lipinski definition) is 0. The van der Waals surface area contributed by atoms with E-state index in [0.717, 1.165) is 0 Å². The molecule has 0 N–H and O–H groups in total. The van der Waals surface area contributed by atoms with Crippen molar-refractivity contribution in [3.8, 4) is 0 Å². The maximum Gasteiger partial charge on any atom is 0.245 e.